The molecule has 98 valence electrons. The molecule has 2 aromatic rings. The van der Waals surface area contributed by atoms with Gasteiger partial charge in [-0.05, 0) is 24.5 Å². The van der Waals surface area contributed by atoms with E-state index in [0.29, 0.717) is 11.1 Å². The van der Waals surface area contributed by atoms with Gasteiger partial charge in [0.25, 0.3) is 11.8 Å². The molecule has 2 amide bonds. The van der Waals surface area contributed by atoms with Crippen LogP contribution in [0.3, 0.4) is 0 Å². The third-order valence-corrected chi connectivity index (χ3v) is 3.89. The van der Waals surface area contributed by atoms with E-state index in [2.05, 4.69) is 4.98 Å². The van der Waals surface area contributed by atoms with Crippen LogP contribution in [0.5, 0.6) is 0 Å². The first-order valence-electron chi connectivity index (χ1n) is 5.80. The van der Waals surface area contributed by atoms with E-state index in [1.165, 1.54) is 5.01 Å². The predicted molar refractivity (Wildman–Crippen MR) is 74.3 cm³/mol. The lowest BCUT2D eigenvalue weighted by atomic mass is 10.1. The van der Waals surface area contributed by atoms with Crippen molar-refractivity contribution in [3.8, 4) is 0 Å². The van der Waals surface area contributed by atoms with Crippen LogP contribution in [0.25, 0.3) is 10.9 Å². The van der Waals surface area contributed by atoms with Crippen LogP contribution in [-0.2, 0) is 0 Å². The molecule has 0 radical (unpaired) electrons. The van der Waals surface area contributed by atoms with Gasteiger partial charge in [-0.3, -0.25) is 9.59 Å². The first-order valence-corrected chi connectivity index (χ1v) is 7.03. The fourth-order valence-electron chi connectivity index (χ4n) is 2.37. The minimum atomic E-state index is -0.265. The topological polar surface area (TPSA) is 56.4 Å². The Balaban J connectivity index is 2.28. The third-order valence-electron chi connectivity index (χ3n) is 3.23. The fourth-order valence-corrected chi connectivity index (χ4v) is 2.82. The summed E-state index contributed by atoms with van der Waals surface area (Å²) in [6, 6.07) is 5.48. The number of nitrogens with one attached hydrogen (secondary N) is 1. The number of aromatic nitrogens is 1. The number of imide groups is 1. The maximum atomic E-state index is 12.4. The number of H-pyrrole nitrogens is 1. The number of carbonyl (C=O) groups excluding carboxylic acids is 2. The Hall–Kier alpha value is -1.79. The average Bonchev–Trinajstić information content (AvgIpc) is 2.88. The summed E-state index contributed by atoms with van der Waals surface area (Å²) < 4.78 is 0. The largest absolute Gasteiger partial charge is 0.350 e. The molecule has 0 bridgehead atoms. The molecule has 1 aromatic heterocycles. The first kappa shape index (κ1) is 12.3. The molecule has 0 saturated heterocycles. The van der Waals surface area contributed by atoms with Gasteiger partial charge < -0.3 is 4.98 Å². The SMILES string of the molecule is CSc1cc2c3c(ccc2[nH]1)C(=O)N(N(C)C)C3=O. The zero-order chi connectivity index (χ0) is 13.7. The summed E-state index contributed by atoms with van der Waals surface area (Å²) in [6.45, 7) is 0. The van der Waals surface area contributed by atoms with E-state index in [9.17, 15) is 9.59 Å². The first-order chi connectivity index (χ1) is 9.04. The summed E-state index contributed by atoms with van der Waals surface area (Å²) in [7, 11) is 3.37. The van der Waals surface area contributed by atoms with E-state index in [0.717, 1.165) is 20.9 Å². The number of thioether (sulfide) groups is 1. The molecule has 0 fully saturated rings. The van der Waals surface area contributed by atoms with Crippen LogP contribution in [0.15, 0.2) is 23.2 Å². The number of nitrogens with zero attached hydrogens (tertiary/aromatic N) is 2. The maximum absolute atomic E-state index is 12.4. The van der Waals surface area contributed by atoms with Crippen molar-refractivity contribution in [1.82, 2.24) is 15.0 Å². The molecule has 1 aliphatic rings. The van der Waals surface area contributed by atoms with Gasteiger partial charge in [0.2, 0.25) is 0 Å². The fraction of sp³-hybridized carbons (Fsp3) is 0.231. The highest BCUT2D eigenvalue weighted by molar-refractivity contribution is 7.98. The van der Waals surface area contributed by atoms with Gasteiger partial charge in [0.05, 0.1) is 16.2 Å². The summed E-state index contributed by atoms with van der Waals surface area (Å²) in [5.41, 5.74) is 1.84. The average molecular weight is 275 g/mol. The second-order valence-electron chi connectivity index (χ2n) is 4.56. The van der Waals surface area contributed by atoms with E-state index < -0.39 is 0 Å². The highest BCUT2D eigenvalue weighted by atomic mass is 32.2. The molecule has 1 aliphatic heterocycles. The summed E-state index contributed by atoms with van der Waals surface area (Å²) in [5.74, 6) is -0.527. The van der Waals surface area contributed by atoms with Crippen molar-refractivity contribution in [3.05, 3.63) is 29.3 Å². The number of hydrogen-bond acceptors (Lipinski definition) is 4. The number of amides is 2. The van der Waals surface area contributed by atoms with Crippen molar-refractivity contribution in [2.24, 2.45) is 0 Å². The zero-order valence-corrected chi connectivity index (χ0v) is 11.7. The molecule has 0 saturated carbocycles. The van der Waals surface area contributed by atoms with Gasteiger partial charge in [-0.1, -0.05) is 0 Å². The molecule has 1 N–H and O–H groups in total. The molecule has 0 spiro atoms. The molecule has 19 heavy (non-hydrogen) atoms. The Morgan fingerprint density at radius 1 is 1.21 bits per heavy atom. The monoisotopic (exact) mass is 275 g/mol. The lowest BCUT2D eigenvalue weighted by Crippen LogP contribution is -2.41. The van der Waals surface area contributed by atoms with Crippen LogP contribution >= 0.6 is 11.8 Å². The van der Waals surface area contributed by atoms with Crippen molar-refractivity contribution in [1.29, 1.82) is 0 Å². The Morgan fingerprint density at radius 3 is 2.58 bits per heavy atom. The quantitative estimate of drug-likeness (QED) is 0.672. The normalized spacial score (nSPS) is 14.8. The minimum absolute atomic E-state index is 0.262. The molecule has 0 unspecified atom stereocenters. The van der Waals surface area contributed by atoms with Gasteiger partial charge in [0.1, 0.15) is 0 Å². The van der Waals surface area contributed by atoms with E-state index >= 15 is 0 Å². The minimum Gasteiger partial charge on any atom is -0.350 e. The summed E-state index contributed by atoms with van der Waals surface area (Å²) in [5, 5.41) is 4.46. The molecule has 3 rings (SSSR count). The van der Waals surface area contributed by atoms with Gasteiger partial charge in [-0.15, -0.1) is 11.8 Å². The molecule has 0 atom stereocenters. The molecule has 6 heteroatoms. The van der Waals surface area contributed by atoms with Gasteiger partial charge in [-0.2, -0.15) is 0 Å². The molecule has 0 aliphatic carbocycles. The van der Waals surface area contributed by atoms with Crippen LogP contribution in [0.4, 0.5) is 0 Å². The highest BCUT2D eigenvalue weighted by Crippen LogP contribution is 2.32. The lowest BCUT2D eigenvalue weighted by molar-refractivity contribution is 0.0235. The number of benzene rings is 1. The Morgan fingerprint density at radius 2 is 1.95 bits per heavy atom. The van der Waals surface area contributed by atoms with Gasteiger partial charge >= 0.3 is 0 Å². The van der Waals surface area contributed by atoms with E-state index in [4.69, 9.17) is 0 Å². The number of rotatable bonds is 2. The summed E-state index contributed by atoms with van der Waals surface area (Å²) >= 11 is 1.57. The number of fused-ring (bicyclic) bond motifs is 3. The summed E-state index contributed by atoms with van der Waals surface area (Å²) in [6.07, 6.45) is 1.96. The van der Waals surface area contributed by atoms with Crippen LogP contribution in [0, 0.1) is 0 Å². The van der Waals surface area contributed by atoms with Crippen molar-refractivity contribution in [2.45, 2.75) is 5.03 Å². The molecule has 1 aromatic carbocycles. The predicted octanol–water partition coefficient (Wildman–Crippen LogP) is 1.96. The molecular formula is C13H13N3O2S. The lowest BCUT2D eigenvalue weighted by Gasteiger charge is -2.20. The van der Waals surface area contributed by atoms with Crippen molar-refractivity contribution in [2.75, 3.05) is 20.4 Å². The second kappa shape index (κ2) is 4.11. The van der Waals surface area contributed by atoms with E-state index in [-0.39, 0.29) is 11.8 Å². The summed E-state index contributed by atoms with van der Waals surface area (Å²) in [4.78, 5) is 27.8. The van der Waals surface area contributed by atoms with Gasteiger partial charge in [0.15, 0.2) is 0 Å². The third kappa shape index (κ3) is 1.60. The van der Waals surface area contributed by atoms with Crippen molar-refractivity contribution in [3.63, 3.8) is 0 Å². The standard InChI is InChI=1S/C13H13N3O2S/c1-15(2)16-12(17)7-4-5-9-8(11(7)13(16)18)6-10(14-9)19-3/h4-6,14H,1-3H3. The van der Waals surface area contributed by atoms with Crippen molar-refractivity contribution >= 4 is 34.5 Å². The van der Waals surface area contributed by atoms with Crippen LogP contribution in [-0.4, -0.2) is 47.2 Å². The van der Waals surface area contributed by atoms with Crippen LogP contribution in [0.2, 0.25) is 0 Å². The zero-order valence-electron chi connectivity index (χ0n) is 10.9. The number of carbonyl (C=O) groups is 2. The number of hydrogen-bond donors (Lipinski definition) is 1. The van der Waals surface area contributed by atoms with E-state index in [1.807, 2.05) is 18.4 Å². The molecule has 5 nitrogen and oxygen atoms in total. The molecule has 2 heterocycles. The van der Waals surface area contributed by atoms with Gasteiger partial charge in [-0.25, -0.2) is 10.0 Å². The van der Waals surface area contributed by atoms with E-state index in [1.54, 1.807) is 31.9 Å². The Bertz CT molecular complexity index is 705. The van der Waals surface area contributed by atoms with Crippen LogP contribution in [0.1, 0.15) is 20.7 Å². The number of aromatic amines is 1. The van der Waals surface area contributed by atoms with Gasteiger partial charge in [0, 0.05) is 25.0 Å². The second-order valence-corrected chi connectivity index (χ2v) is 5.40. The van der Waals surface area contributed by atoms with Crippen molar-refractivity contribution < 1.29 is 9.59 Å². The smallest absolute Gasteiger partial charge is 0.277 e. The molecular weight excluding hydrogens is 262 g/mol. The number of hydrazine groups is 1. The highest BCUT2D eigenvalue weighted by Gasteiger charge is 2.38. The maximum Gasteiger partial charge on any atom is 0.277 e. The Labute approximate surface area is 114 Å². The van der Waals surface area contributed by atoms with Crippen LogP contribution < -0.4 is 0 Å². The Kier molecular flexibility index (Phi) is 2.65.